The average molecular weight is 402 g/mol. The topological polar surface area (TPSA) is 26.3 Å². The summed E-state index contributed by atoms with van der Waals surface area (Å²) in [6, 6.07) is 25.3. The molecule has 0 heterocycles. The van der Waals surface area contributed by atoms with Crippen molar-refractivity contribution in [3.05, 3.63) is 96.4 Å². The molecule has 0 aliphatic carbocycles. The van der Waals surface area contributed by atoms with E-state index in [-0.39, 0.29) is 5.97 Å². The van der Waals surface area contributed by atoms with Crippen molar-refractivity contribution in [2.24, 2.45) is 0 Å². The van der Waals surface area contributed by atoms with Gasteiger partial charge in [0.25, 0.3) is 5.97 Å². The molecule has 3 aromatic carbocycles. The summed E-state index contributed by atoms with van der Waals surface area (Å²) in [5.74, 6) is -0.151. The van der Waals surface area contributed by atoms with E-state index >= 15 is 0 Å². The van der Waals surface area contributed by atoms with Crippen molar-refractivity contribution in [1.29, 1.82) is 0 Å². The van der Waals surface area contributed by atoms with Gasteiger partial charge in [0.2, 0.25) is 0 Å². The zero-order valence-corrected chi connectivity index (χ0v) is 18.6. The monoisotopic (exact) mass is 401 g/mol. The van der Waals surface area contributed by atoms with Crippen LogP contribution in [0.25, 0.3) is 0 Å². The summed E-state index contributed by atoms with van der Waals surface area (Å²) < 4.78 is 6.49. The van der Waals surface area contributed by atoms with Crippen molar-refractivity contribution < 1.29 is 9.22 Å². The van der Waals surface area contributed by atoms with E-state index in [1.54, 1.807) is 0 Å². The molecule has 0 N–H and O–H groups in total. The van der Waals surface area contributed by atoms with Gasteiger partial charge in [0, 0.05) is 6.42 Å². The molecule has 0 aliphatic heterocycles. The zero-order chi connectivity index (χ0) is 20.9. The van der Waals surface area contributed by atoms with Crippen LogP contribution in [0.2, 0.25) is 0 Å². The Balaban J connectivity index is 2.24. The molecule has 0 amide bonds. The van der Waals surface area contributed by atoms with E-state index in [1.807, 2.05) is 0 Å². The molecule has 3 rings (SSSR count). The maximum atomic E-state index is 12.9. The number of aryl methyl sites for hydroxylation is 3. The Morgan fingerprint density at radius 1 is 0.724 bits per heavy atom. The zero-order valence-electron chi connectivity index (χ0n) is 17.6. The van der Waals surface area contributed by atoms with Crippen molar-refractivity contribution in [2.45, 2.75) is 40.0 Å². The van der Waals surface area contributed by atoms with Crippen LogP contribution in [0.15, 0.2) is 72.8 Å². The Bertz CT molecular complexity index is 831. The Hall–Kier alpha value is -2.65. The number of carbonyl (C=O) groups excluding carboxylic acids is 1. The lowest BCUT2D eigenvalue weighted by Gasteiger charge is -2.32. The van der Waals surface area contributed by atoms with Gasteiger partial charge >= 0.3 is 8.32 Å². The first-order valence-corrected chi connectivity index (χ1v) is 12.1. The predicted octanol–water partition coefficient (Wildman–Crippen LogP) is 4.13. The molecule has 0 saturated heterocycles. The van der Waals surface area contributed by atoms with Crippen LogP contribution in [0.4, 0.5) is 0 Å². The number of hydrogen-bond donors (Lipinski definition) is 0. The molecular formula is C26H29O2Si. The fourth-order valence-electron chi connectivity index (χ4n) is 3.53. The summed E-state index contributed by atoms with van der Waals surface area (Å²) in [5, 5.41) is 3.25. The van der Waals surface area contributed by atoms with Gasteiger partial charge < -0.3 is 4.43 Å². The average Bonchev–Trinajstić information content (AvgIpc) is 2.72. The third-order valence-corrected chi connectivity index (χ3v) is 9.25. The number of hydrogen-bond acceptors (Lipinski definition) is 2. The smallest absolute Gasteiger partial charge is 0.350 e. The predicted molar refractivity (Wildman–Crippen MR) is 123 cm³/mol. The second-order valence-electron chi connectivity index (χ2n) is 7.71. The first-order valence-electron chi connectivity index (χ1n) is 10.2. The molecule has 1 radical (unpaired) electrons. The maximum Gasteiger partial charge on any atom is 0.350 e. The van der Waals surface area contributed by atoms with Gasteiger partial charge in [-0.1, -0.05) is 103 Å². The van der Waals surface area contributed by atoms with E-state index in [1.165, 1.54) is 16.7 Å². The standard InChI is InChI=1S/C26H29O2Si/c1-5-6-7-26(27)28-29(23-14-8-20(2)9-15-23,24-16-10-21(3)11-17-24)25-18-12-22(4)13-19-25/h8-19H,1,5-7H2,2-4H3. The largest absolute Gasteiger partial charge is 0.506 e. The van der Waals surface area contributed by atoms with E-state index in [4.69, 9.17) is 4.43 Å². The fraction of sp³-hybridized carbons (Fsp3) is 0.231. The quantitative estimate of drug-likeness (QED) is 0.440. The van der Waals surface area contributed by atoms with E-state index in [2.05, 4.69) is 100 Å². The minimum Gasteiger partial charge on any atom is -0.506 e. The molecule has 149 valence electrons. The molecule has 0 atom stereocenters. The van der Waals surface area contributed by atoms with Crippen LogP contribution < -0.4 is 15.6 Å². The highest BCUT2D eigenvalue weighted by Crippen LogP contribution is 2.14. The van der Waals surface area contributed by atoms with E-state index in [0.717, 1.165) is 28.4 Å². The highest BCUT2D eigenvalue weighted by molar-refractivity contribution is 7.07. The lowest BCUT2D eigenvalue weighted by atomic mass is 10.2. The molecule has 0 aliphatic rings. The van der Waals surface area contributed by atoms with Crippen LogP contribution in [-0.2, 0) is 9.22 Å². The van der Waals surface area contributed by atoms with Crippen molar-refractivity contribution in [2.75, 3.05) is 0 Å². The lowest BCUT2D eigenvalue weighted by molar-refractivity contribution is -0.134. The normalized spacial score (nSPS) is 11.3. The molecule has 0 spiro atoms. The van der Waals surface area contributed by atoms with Gasteiger partial charge in [0.05, 0.1) is 0 Å². The van der Waals surface area contributed by atoms with Crippen LogP contribution >= 0.6 is 0 Å². The first kappa shape index (κ1) is 21.1. The van der Waals surface area contributed by atoms with Crippen LogP contribution in [0.3, 0.4) is 0 Å². The molecule has 0 fully saturated rings. The summed E-state index contributed by atoms with van der Waals surface area (Å²) in [6.07, 6.45) is 1.85. The Morgan fingerprint density at radius 2 is 1.07 bits per heavy atom. The molecular weight excluding hydrogens is 372 g/mol. The second-order valence-corrected chi connectivity index (χ2v) is 11.0. The van der Waals surface area contributed by atoms with Crippen molar-refractivity contribution in [3.8, 4) is 0 Å². The molecule has 3 aromatic rings. The van der Waals surface area contributed by atoms with Gasteiger partial charge in [-0.25, -0.2) is 0 Å². The lowest BCUT2D eigenvalue weighted by Crippen LogP contribution is -2.70. The minimum atomic E-state index is -2.98. The summed E-state index contributed by atoms with van der Waals surface area (Å²) in [4.78, 5) is 12.9. The summed E-state index contributed by atoms with van der Waals surface area (Å²) in [5.41, 5.74) is 3.56. The van der Waals surface area contributed by atoms with Crippen LogP contribution in [-0.4, -0.2) is 14.3 Å². The van der Waals surface area contributed by atoms with Crippen molar-refractivity contribution in [3.63, 3.8) is 0 Å². The summed E-state index contributed by atoms with van der Waals surface area (Å²) in [7, 11) is -2.98. The minimum absolute atomic E-state index is 0.151. The van der Waals surface area contributed by atoms with Gasteiger partial charge in [-0.3, -0.25) is 4.79 Å². The molecule has 0 unspecified atom stereocenters. The molecule has 0 aromatic heterocycles. The highest BCUT2D eigenvalue weighted by Gasteiger charge is 2.45. The van der Waals surface area contributed by atoms with Gasteiger partial charge in [0.15, 0.2) is 0 Å². The first-order chi connectivity index (χ1) is 14.0. The molecule has 0 bridgehead atoms. The van der Waals surface area contributed by atoms with Crippen molar-refractivity contribution in [1.82, 2.24) is 0 Å². The van der Waals surface area contributed by atoms with Gasteiger partial charge in [-0.2, -0.15) is 0 Å². The molecule has 0 saturated carbocycles. The van der Waals surface area contributed by atoms with Crippen LogP contribution in [0, 0.1) is 27.7 Å². The number of unbranched alkanes of at least 4 members (excludes halogenated alkanes) is 1. The number of benzene rings is 3. The molecule has 29 heavy (non-hydrogen) atoms. The maximum absolute atomic E-state index is 12.9. The number of carbonyl (C=O) groups is 1. The van der Waals surface area contributed by atoms with E-state index < -0.39 is 8.32 Å². The number of rotatable bonds is 7. The third kappa shape index (κ3) is 4.68. The summed E-state index contributed by atoms with van der Waals surface area (Å²) in [6.45, 7) is 10.1. The SMILES string of the molecule is [CH2]CCCC(=O)O[Si](c1ccc(C)cc1)(c1ccc(C)cc1)c1ccc(C)cc1. The van der Waals surface area contributed by atoms with E-state index in [0.29, 0.717) is 6.42 Å². The Morgan fingerprint density at radius 3 is 1.38 bits per heavy atom. The van der Waals surface area contributed by atoms with Crippen LogP contribution in [0.1, 0.15) is 36.0 Å². The van der Waals surface area contributed by atoms with Gasteiger partial charge in [-0.15, -0.1) is 0 Å². The van der Waals surface area contributed by atoms with Crippen molar-refractivity contribution >= 4 is 29.8 Å². The van der Waals surface area contributed by atoms with Crippen LogP contribution in [0.5, 0.6) is 0 Å². The van der Waals surface area contributed by atoms with Gasteiger partial charge in [0.1, 0.15) is 0 Å². The second kappa shape index (κ2) is 9.23. The Kier molecular flexibility index (Phi) is 6.70. The van der Waals surface area contributed by atoms with Gasteiger partial charge in [-0.05, 0) is 42.8 Å². The third-order valence-electron chi connectivity index (χ3n) is 5.27. The molecule has 3 heteroatoms. The highest BCUT2D eigenvalue weighted by atomic mass is 28.4. The summed E-state index contributed by atoms with van der Waals surface area (Å²) >= 11 is 0. The Labute approximate surface area is 175 Å². The molecule has 2 nitrogen and oxygen atoms in total. The van der Waals surface area contributed by atoms with E-state index in [9.17, 15) is 4.79 Å². The fourth-order valence-corrected chi connectivity index (χ4v) is 7.24.